The quantitative estimate of drug-likeness (QED) is 0.712. The normalized spacial score (nSPS) is 11.6. The highest BCUT2D eigenvalue weighted by Crippen LogP contribution is 2.15. The monoisotopic (exact) mass is 304 g/mol. The summed E-state index contributed by atoms with van der Waals surface area (Å²) in [5, 5.41) is 4.38. The molecule has 1 heterocycles. The molecule has 0 bridgehead atoms. The van der Waals surface area contributed by atoms with Crippen molar-refractivity contribution >= 4 is 27.3 Å². The number of halogens is 1. The first-order valence-electron chi connectivity index (χ1n) is 5.92. The summed E-state index contributed by atoms with van der Waals surface area (Å²) < 4.78 is 0. The highest BCUT2D eigenvalue weighted by atomic mass is 79.9. The van der Waals surface area contributed by atoms with Crippen molar-refractivity contribution in [2.24, 2.45) is 0 Å². The Morgan fingerprint density at radius 3 is 2.56 bits per heavy atom. The van der Waals surface area contributed by atoms with Gasteiger partial charge in [-0.05, 0) is 19.8 Å². The molecule has 0 radical (unpaired) electrons. The molecule has 2 nitrogen and oxygen atoms in total. The minimum absolute atomic E-state index is 0.680. The van der Waals surface area contributed by atoms with Crippen molar-refractivity contribution < 1.29 is 0 Å². The van der Waals surface area contributed by atoms with E-state index < -0.39 is 0 Å². The van der Waals surface area contributed by atoms with Crippen LogP contribution in [0.25, 0.3) is 0 Å². The molecule has 0 unspecified atom stereocenters. The third kappa shape index (κ3) is 4.15. The molecule has 0 aromatic carbocycles. The van der Waals surface area contributed by atoms with Crippen LogP contribution in [-0.2, 0) is 6.54 Å². The summed E-state index contributed by atoms with van der Waals surface area (Å²) >= 11 is 5.28. The Morgan fingerprint density at radius 2 is 2.12 bits per heavy atom. The lowest BCUT2D eigenvalue weighted by Gasteiger charge is -2.29. The molecule has 0 N–H and O–H groups in total. The van der Waals surface area contributed by atoms with E-state index in [-0.39, 0.29) is 0 Å². The second kappa shape index (κ2) is 7.41. The van der Waals surface area contributed by atoms with Crippen LogP contribution in [-0.4, -0.2) is 27.8 Å². The van der Waals surface area contributed by atoms with E-state index in [0.29, 0.717) is 6.04 Å². The van der Waals surface area contributed by atoms with Crippen LogP contribution in [0.4, 0.5) is 0 Å². The highest BCUT2D eigenvalue weighted by Gasteiger charge is 2.15. The number of aromatic nitrogens is 1. The highest BCUT2D eigenvalue weighted by molar-refractivity contribution is 9.09. The molecule has 0 aliphatic heterocycles. The molecule has 1 aromatic rings. The maximum atomic E-state index is 4.55. The smallest absolute Gasteiger partial charge is 0.0897 e. The van der Waals surface area contributed by atoms with Gasteiger partial charge in [0.05, 0.1) is 10.7 Å². The molecular weight excluding hydrogens is 284 g/mol. The Kier molecular flexibility index (Phi) is 6.54. The minimum Gasteiger partial charge on any atom is -0.294 e. The number of rotatable bonds is 7. The van der Waals surface area contributed by atoms with Gasteiger partial charge in [0.2, 0.25) is 0 Å². The van der Waals surface area contributed by atoms with Crippen LogP contribution in [0.1, 0.15) is 37.4 Å². The zero-order valence-electron chi connectivity index (χ0n) is 10.4. The first-order chi connectivity index (χ1) is 7.71. The number of nitrogens with zero attached hydrogens (tertiary/aromatic N) is 2. The molecule has 1 rings (SSSR count). The molecule has 0 saturated carbocycles. The van der Waals surface area contributed by atoms with Crippen molar-refractivity contribution in [2.45, 2.75) is 46.2 Å². The van der Waals surface area contributed by atoms with E-state index >= 15 is 0 Å². The van der Waals surface area contributed by atoms with Gasteiger partial charge in [0, 0.05) is 29.8 Å². The predicted octanol–water partition coefficient (Wildman–Crippen LogP) is 3.84. The van der Waals surface area contributed by atoms with Crippen LogP contribution in [0, 0.1) is 6.92 Å². The Morgan fingerprint density at radius 1 is 1.44 bits per heavy atom. The third-order valence-electron chi connectivity index (χ3n) is 2.86. The average molecular weight is 305 g/mol. The zero-order valence-corrected chi connectivity index (χ0v) is 12.8. The fraction of sp³-hybridized carbons (Fsp3) is 0.750. The SMILES string of the molecule is CCC(CC)N(CCBr)Cc1csc(C)n1. The summed E-state index contributed by atoms with van der Waals surface area (Å²) in [7, 11) is 0. The lowest BCUT2D eigenvalue weighted by atomic mass is 10.1. The van der Waals surface area contributed by atoms with Crippen LogP contribution < -0.4 is 0 Å². The van der Waals surface area contributed by atoms with Crippen LogP contribution in [0.3, 0.4) is 0 Å². The molecule has 0 amide bonds. The Labute approximate surface area is 111 Å². The van der Waals surface area contributed by atoms with Gasteiger partial charge < -0.3 is 0 Å². The molecule has 1 aromatic heterocycles. The number of hydrogen-bond donors (Lipinski definition) is 0. The average Bonchev–Trinajstić information content (AvgIpc) is 2.66. The second-order valence-electron chi connectivity index (χ2n) is 3.99. The van der Waals surface area contributed by atoms with Gasteiger partial charge in [-0.15, -0.1) is 11.3 Å². The standard InChI is InChI=1S/C12H21BrN2S/c1-4-12(5-2)15(7-6-13)8-11-9-16-10(3)14-11/h9,12H,4-8H2,1-3H3. The summed E-state index contributed by atoms with van der Waals surface area (Å²) in [5.74, 6) is 0. The van der Waals surface area contributed by atoms with E-state index in [1.807, 2.05) is 0 Å². The molecular formula is C12H21BrN2S. The summed E-state index contributed by atoms with van der Waals surface area (Å²) in [5.41, 5.74) is 1.22. The summed E-state index contributed by atoms with van der Waals surface area (Å²) in [4.78, 5) is 7.08. The van der Waals surface area contributed by atoms with Crippen LogP contribution in [0.15, 0.2) is 5.38 Å². The van der Waals surface area contributed by atoms with E-state index in [0.717, 1.165) is 18.4 Å². The van der Waals surface area contributed by atoms with E-state index in [1.54, 1.807) is 11.3 Å². The fourth-order valence-corrected chi connectivity index (χ4v) is 3.05. The van der Waals surface area contributed by atoms with Gasteiger partial charge in [0.1, 0.15) is 0 Å². The van der Waals surface area contributed by atoms with Crippen molar-refractivity contribution in [3.63, 3.8) is 0 Å². The van der Waals surface area contributed by atoms with Gasteiger partial charge >= 0.3 is 0 Å². The van der Waals surface area contributed by atoms with Gasteiger partial charge in [-0.25, -0.2) is 4.98 Å². The second-order valence-corrected chi connectivity index (χ2v) is 5.84. The van der Waals surface area contributed by atoms with Crippen LogP contribution >= 0.6 is 27.3 Å². The Bertz CT molecular complexity index is 297. The van der Waals surface area contributed by atoms with Gasteiger partial charge in [0.25, 0.3) is 0 Å². The lowest BCUT2D eigenvalue weighted by Crippen LogP contribution is -2.35. The van der Waals surface area contributed by atoms with E-state index in [4.69, 9.17) is 0 Å². The summed E-state index contributed by atoms with van der Waals surface area (Å²) in [6, 6.07) is 0.680. The number of hydrogen-bond acceptors (Lipinski definition) is 3. The maximum Gasteiger partial charge on any atom is 0.0897 e. The topological polar surface area (TPSA) is 16.1 Å². The minimum atomic E-state index is 0.680. The van der Waals surface area contributed by atoms with Crippen molar-refractivity contribution in [1.29, 1.82) is 0 Å². The van der Waals surface area contributed by atoms with E-state index in [2.05, 4.69) is 52.0 Å². The Balaban J connectivity index is 2.63. The molecule has 0 aliphatic carbocycles. The number of aryl methyl sites for hydroxylation is 1. The first kappa shape index (κ1) is 14.1. The number of alkyl halides is 1. The van der Waals surface area contributed by atoms with Crippen molar-refractivity contribution in [2.75, 3.05) is 11.9 Å². The molecule has 0 atom stereocenters. The predicted molar refractivity (Wildman–Crippen MR) is 75.4 cm³/mol. The van der Waals surface area contributed by atoms with E-state index in [9.17, 15) is 0 Å². The van der Waals surface area contributed by atoms with Crippen molar-refractivity contribution in [3.8, 4) is 0 Å². The molecule has 4 heteroatoms. The lowest BCUT2D eigenvalue weighted by molar-refractivity contribution is 0.187. The maximum absolute atomic E-state index is 4.55. The molecule has 92 valence electrons. The fourth-order valence-electron chi connectivity index (χ4n) is 1.99. The van der Waals surface area contributed by atoms with Crippen molar-refractivity contribution in [1.82, 2.24) is 9.88 Å². The molecule has 0 fully saturated rings. The molecule has 0 aliphatic rings. The van der Waals surface area contributed by atoms with Gasteiger partial charge in [-0.2, -0.15) is 0 Å². The van der Waals surface area contributed by atoms with Crippen LogP contribution in [0.2, 0.25) is 0 Å². The molecule has 0 spiro atoms. The van der Waals surface area contributed by atoms with Crippen LogP contribution in [0.5, 0.6) is 0 Å². The molecule has 16 heavy (non-hydrogen) atoms. The van der Waals surface area contributed by atoms with E-state index in [1.165, 1.54) is 23.5 Å². The summed E-state index contributed by atoms with van der Waals surface area (Å²) in [6.07, 6.45) is 2.43. The van der Waals surface area contributed by atoms with Gasteiger partial charge in [-0.3, -0.25) is 4.90 Å². The largest absolute Gasteiger partial charge is 0.294 e. The van der Waals surface area contributed by atoms with Gasteiger partial charge in [-0.1, -0.05) is 29.8 Å². The third-order valence-corrected chi connectivity index (χ3v) is 4.04. The molecule has 0 saturated heterocycles. The number of thiazole rings is 1. The first-order valence-corrected chi connectivity index (χ1v) is 7.92. The van der Waals surface area contributed by atoms with Gasteiger partial charge in [0.15, 0.2) is 0 Å². The zero-order chi connectivity index (χ0) is 12.0. The Hall–Kier alpha value is 0.0700. The van der Waals surface area contributed by atoms with Crippen molar-refractivity contribution in [3.05, 3.63) is 16.1 Å². The summed E-state index contributed by atoms with van der Waals surface area (Å²) in [6.45, 7) is 8.69.